The van der Waals surface area contributed by atoms with Crippen LogP contribution in [-0.2, 0) is 17.8 Å². The molecular formula is C20H28N4O2. The monoisotopic (exact) mass is 356 g/mol. The number of nitrogens with zero attached hydrogens (tertiary/aromatic N) is 3. The Morgan fingerprint density at radius 3 is 2.62 bits per heavy atom. The zero-order valence-corrected chi connectivity index (χ0v) is 15.7. The van der Waals surface area contributed by atoms with Crippen molar-refractivity contribution in [2.45, 2.75) is 57.4 Å². The lowest BCUT2D eigenvalue weighted by Gasteiger charge is -2.17. The summed E-state index contributed by atoms with van der Waals surface area (Å²) >= 11 is 0. The Morgan fingerprint density at radius 1 is 1.19 bits per heavy atom. The number of anilines is 1. The Bertz CT molecular complexity index is 703. The summed E-state index contributed by atoms with van der Waals surface area (Å²) in [4.78, 5) is 18.6. The van der Waals surface area contributed by atoms with Gasteiger partial charge in [-0.15, -0.1) is 0 Å². The van der Waals surface area contributed by atoms with Crippen LogP contribution in [0.4, 0.5) is 5.69 Å². The van der Waals surface area contributed by atoms with Gasteiger partial charge in [0, 0.05) is 32.1 Å². The van der Waals surface area contributed by atoms with E-state index in [4.69, 9.17) is 4.52 Å². The normalized spacial score (nSPS) is 15.0. The molecule has 0 saturated heterocycles. The van der Waals surface area contributed by atoms with E-state index in [9.17, 15) is 4.79 Å². The molecule has 1 fully saturated rings. The van der Waals surface area contributed by atoms with Crippen LogP contribution < -0.4 is 10.2 Å². The molecule has 0 radical (unpaired) electrons. The van der Waals surface area contributed by atoms with E-state index in [0.717, 1.165) is 36.3 Å². The van der Waals surface area contributed by atoms with Crippen LogP contribution in [0.15, 0.2) is 28.8 Å². The Labute approximate surface area is 155 Å². The topological polar surface area (TPSA) is 71.3 Å². The predicted octanol–water partition coefficient (Wildman–Crippen LogP) is 3.43. The molecule has 1 saturated carbocycles. The third kappa shape index (κ3) is 5.07. The maximum Gasteiger partial charge on any atom is 0.246 e. The third-order valence-corrected chi connectivity index (χ3v) is 4.98. The van der Waals surface area contributed by atoms with E-state index >= 15 is 0 Å². The molecule has 0 atom stereocenters. The van der Waals surface area contributed by atoms with Crippen LogP contribution in [0.3, 0.4) is 0 Å². The van der Waals surface area contributed by atoms with Crippen LogP contribution in [0, 0.1) is 0 Å². The number of aromatic nitrogens is 2. The summed E-state index contributed by atoms with van der Waals surface area (Å²) in [5, 5.41) is 6.96. The zero-order valence-electron chi connectivity index (χ0n) is 15.7. The second-order valence-corrected chi connectivity index (χ2v) is 7.22. The molecule has 3 rings (SSSR count). The van der Waals surface area contributed by atoms with E-state index < -0.39 is 0 Å². The molecule has 2 aromatic rings. The molecule has 6 nitrogen and oxygen atoms in total. The molecule has 6 heteroatoms. The Kier molecular flexibility index (Phi) is 6.26. The number of amides is 1. The number of hydrogen-bond donors (Lipinski definition) is 1. The van der Waals surface area contributed by atoms with Gasteiger partial charge in [-0.1, -0.05) is 36.6 Å². The van der Waals surface area contributed by atoms with Crippen LogP contribution >= 0.6 is 0 Å². The van der Waals surface area contributed by atoms with E-state index in [0.29, 0.717) is 24.8 Å². The fraction of sp³-hybridized carbons (Fsp3) is 0.550. The number of rotatable bonds is 7. The summed E-state index contributed by atoms with van der Waals surface area (Å²) in [5.41, 5.74) is 2.31. The highest BCUT2D eigenvalue weighted by atomic mass is 16.5. The minimum Gasteiger partial charge on any atom is -0.378 e. The van der Waals surface area contributed by atoms with Crippen molar-refractivity contribution >= 4 is 11.6 Å². The van der Waals surface area contributed by atoms with Gasteiger partial charge < -0.3 is 14.7 Å². The van der Waals surface area contributed by atoms with Crippen molar-refractivity contribution in [3.63, 3.8) is 0 Å². The second-order valence-electron chi connectivity index (χ2n) is 7.22. The van der Waals surface area contributed by atoms with Gasteiger partial charge in [0.25, 0.3) is 0 Å². The number of benzene rings is 1. The van der Waals surface area contributed by atoms with Gasteiger partial charge in [-0.25, -0.2) is 0 Å². The highest BCUT2D eigenvalue weighted by Crippen LogP contribution is 2.30. The Balaban J connectivity index is 1.42. The van der Waals surface area contributed by atoms with Crippen molar-refractivity contribution in [2.75, 3.05) is 19.0 Å². The number of aryl methyl sites for hydroxylation is 1. The molecular weight excluding hydrogens is 328 g/mol. The first kappa shape index (κ1) is 18.4. The van der Waals surface area contributed by atoms with E-state index in [2.05, 4.69) is 44.6 Å². The molecule has 1 aliphatic carbocycles. The summed E-state index contributed by atoms with van der Waals surface area (Å²) < 4.78 is 5.29. The van der Waals surface area contributed by atoms with Gasteiger partial charge in [0.2, 0.25) is 11.8 Å². The highest BCUT2D eigenvalue weighted by molar-refractivity contribution is 5.76. The van der Waals surface area contributed by atoms with Crippen LogP contribution in [0.1, 0.15) is 61.7 Å². The molecule has 1 heterocycles. The number of nitrogens with one attached hydrogen (secondary N) is 1. The molecule has 1 aromatic heterocycles. The molecule has 1 aromatic carbocycles. The van der Waals surface area contributed by atoms with Crippen molar-refractivity contribution in [1.29, 1.82) is 0 Å². The standard InChI is InChI=1S/C20H28N4O2/c1-24(2)17-11-8-15(9-12-17)10-13-18(25)21-14-19-22-20(23-26-19)16-6-4-3-5-7-16/h8-9,11-12,16H,3-7,10,13-14H2,1-2H3,(H,21,25). The van der Waals surface area contributed by atoms with Crippen molar-refractivity contribution in [2.24, 2.45) is 0 Å². The summed E-state index contributed by atoms with van der Waals surface area (Å²) in [5.74, 6) is 1.71. The predicted molar refractivity (Wildman–Crippen MR) is 101 cm³/mol. The lowest BCUT2D eigenvalue weighted by atomic mass is 9.89. The van der Waals surface area contributed by atoms with Crippen molar-refractivity contribution in [3.05, 3.63) is 41.5 Å². The van der Waals surface area contributed by atoms with Crippen molar-refractivity contribution < 1.29 is 9.32 Å². The number of hydrogen-bond acceptors (Lipinski definition) is 5. The Morgan fingerprint density at radius 2 is 1.92 bits per heavy atom. The maximum atomic E-state index is 12.1. The zero-order chi connectivity index (χ0) is 18.4. The minimum absolute atomic E-state index is 0.000831. The van der Waals surface area contributed by atoms with Crippen LogP contribution in [0.5, 0.6) is 0 Å². The molecule has 1 aliphatic rings. The van der Waals surface area contributed by atoms with Crippen LogP contribution in [0.25, 0.3) is 0 Å². The number of carbonyl (C=O) groups excluding carboxylic acids is 1. The van der Waals surface area contributed by atoms with Gasteiger partial charge in [-0.3, -0.25) is 4.79 Å². The molecule has 0 bridgehead atoms. The molecule has 26 heavy (non-hydrogen) atoms. The lowest BCUT2D eigenvalue weighted by Crippen LogP contribution is -2.23. The van der Waals surface area contributed by atoms with Gasteiger partial charge in [0.05, 0.1) is 6.54 Å². The van der Waals surface area contributed by atoms with Crippen molar-refractivity contribution in [3.8, 4) is 0 Å². The van der Waals surface area contributed by atoms with Gasteiger partial charge >= 0.3 is 0 Å². The van der Waals surface area contributed by atoms with Crippen LogP contribution in [0.2, 0.25) is 0 Å². The van der Waals surface area contributed by atoms with E-state index in [1.807, 2.05) is 14.1 Å². The summed E-state index contributed by atoms with van der Waals surface area (Å²) in [6, 6.07) is 8.27. The van der Waals surface area contributed by atoms with Gasteiger partial charge in [0.1, 0.15) is 0 Å². The molecule has 1 N–H and O–H groups in total. The van der Waals surface area contributed by atoms with Gasteiger partial charge in [0.15, 0.2) is 5.82 Å². The average Bonchev–Trinajstić information content (AvgIpc) is 3.15. The van der Waals surface area contributed by atoms with E-state index in [1.165, 1.54) is 19.3 Å². The van der Waals surface area contributed by atoms with Gasteiger partial charge in [-0.2, -0.15) is 4.98 Å². The molecule has 1 amide bonds. The maximum absolute atomic E-state index is 12.1. The minimum atomic E-state index is -0.000831. The molecule has 0 unspecified atom stereocenters. The fourth-order valence-electron chi connectivity index (χ4n) is 3.35. The first-order valence-corrected chi connectivity index (χ1v) is 9.47. The first-order valence-electron chi connectivity index (χ1n) is 9.47. The largest absolute Gasteiger partial charge is 0.378 e. The van der Waals surface area contributed by atoms with E-state index in [-0.39, 0.29) is 5.91 Å². The number of carbonyl (C=O) groups is 1. The quantitative estimate of drug-likeness (QED) is 0.823. The first-order chi connectivity index (χ1) is 12.6. The van der Waals surface area contributed by atoms with Crippen molar-refractivity contribution in [1.82, 2.24) is 15.5 Å². The molecule has 0 spiro atoms. The SMILES string of the molecule is CN(C)c1ccc(CCC(=O)NCc2nc(C3CCCCC3)no2)cc1. The highest BCUT2D eigenvalue weighted by Gasteiger charge is 2.20. The Hall–Kier alpha value is -2.37. The summed E-state index contributed by atoms with van der Waals surface area (Å²) in [6.45, 7) is 0.304. The summed E-state index contributed by atoms with van der Waals surface area (Å²) in [7, 11) is 4.03. The summed E-state index contributed by atoms with van der Waals surface area (Å²) in [6.07, 6.45) is 7.22. The van der Waals surface area contributed by atoms with E-state index in [1.54, 1.807) is 0 Å². The lowest BCUT2D eigenvalue weighted by molar-refractivity contribution is -0.121. The van der Waals surface area contributed by atoms with Gasteiger partial charge in [-0.05, 0) is 37.0 Å². The average molecular weight is 356 g/mol. The fourth-order valence-corrected chi connectivity index (χ4v) is 3.35. The van der Waals surface area contributed by atoms with Crippen LogP contribution in [-0.4, -0.2) is 30.1 Å². The smallest absolute Gasteiger partial charge is 0.246 e. The molecule has 0 aliphatic heterocycles. The second kappa shape index (κ2) is 8.83. The third-order valence-electron chi connectivity index (χ3n) is 4.98. The molecule has 140 valence electrons.